The van der Waals surface area contributed by atoms with Gasteiger partial charge in [-0.1, -0.05) is 27.7 Å². The summed E-state index contributed by atoms with van der Waals surface area (Å²) in [6.07, 6.45) is -1.81. The van der Waals surface area contributed by atoms with Crippen LogP contribution in [0.2, 0.25) is 0 Å². The van der Waals surface area contributed by atoms with E-state index in [1.807, 2.05) is 11.8 Å². The summed E-state index contributed by atoms with van der Waals surface area (Å²) in [6.45, 7) is 8.51. The van der Waals surface area contributed by atoms with Crippen molar-refractivity contribution in [2.24, 2.45) is 11.3 Å². The van der Waals surface area contributed by atoms with Gasteiger partial charge in [0.25, 0.3) is 0 Å². The quantitative estimate of drug-likeness (QED) is 0.189. The van der Waals surface area contributed by atoms with E-state index in [0.29, 0.717) is 12.0 Å². The summed E-state index contributed by atoms with van der Waals surface area (Å²) < 4.78 is 5.14. The van der Waals surface area contributed by atoms with Crippen molar-refractivity contribution >= 4 is 29.4 Å². The second-order valence-corrected chi connectivity index (χ2v) is 10.5. The topological polar surface area (TPSA) is 119 Å². The third-order valence-corrected chi connectivity index (χ3v) is 6.54. The van der Waals surface area contributed by atoms with Gasteiger partial charge in [-0.25, -0.2) is 0 Å². The minimum absolute atomic E-state index is 0.0720. The number of aliphatic hydroxyl groups is 4. The number of nitrogens with one attached hydrogen (secondary N) is 1. The van der Waals surface area contributed by atoms with Crippen molar-refractivity contribution in [2.75, 3.05) is 37.5 Å². The molecule has 0 aliphatic carbocycles. The molecule has 0 aromatic carbocycles. The Balaban J connectivity index is 4.07. The van der Waals surface area contributed by atoms with E-state index in [0.717, 1.165) is 29.7 Å². The molecule has 0 saturated heterocycles. The first-order chi connectivity index (χ1) is 13.0. The van der Waals surface area contributed by atoms with E-state index in [9.17, 15) is 20.1 Å². The molecule has 0 radical (unpaired) electrons. The lowest BCUT2D eigenvalue weighted by atomic mass is 9.91. The van der Waals surface area contributed by atoms with Crippen LogP contribution in [0.1, 0.15) is 40.5 Å². The van der Waals surface area contributed by atoms with E-state index in [-0.39, 0.29) is 18.3 Å². The van der Waals surface area contributed by atoms with Gasteiger partial charge in [-0.15, -0.1) is 11.8 Å². The minimum atomic E-state index is -1.48. The molecule has 1 amide bonds. The van der Waals surface area contributed by atoms with Gasteiger partial charge in [0.05, 0.1) is 11.9 Å². The van der Waals surface area contributed by atoms with Crippen molar-refractivity contribution in [2.45, 2.75) is 64.3 Å². The summed E-state index contributed by atoms with van der Waals surface area (Å²) in [6, 6.07) is 0. The zero-order valence-corrected chi connectivity index (χ0v) is 19.4. The van der Waals surface area contributed by atoms with Crippen molar-refractivity contribution in [3.05, 3.63) is 0 Å². The number of hydrogen-bond donors (Lipinski definition) is 5. The Kier molecular flexibility index (Phi) is 14.9. The fraction of sp³-hybridized carbons (Fsp3) is 0.947. The maximum atomic E-state index is 11.9. The van der Waals surface area contributed by atoms with Crippen LogP contribution >= 0.6 is 23.5 Å². The Labute approximate surface area is 178 Å². The second kappa shape index (κ2) is 14.9. The number of methoxy groups -OCH3 is 1. The monoisotopic (exact) mass is 441 g/mol. The van der Waals surface area contributed by atoms with Gasteiger partial charge in [0.1, 0.15) is 17.6 Å². The first kappa shape index (κ1) is 28.0. The van der Waals surface area contributed by atoms with Gasteiger partial charge in [-0.2, -0.15) is 11.8 Å². The number of ether oxygens (including phenoxy) is 1. The third kappa shape index (κ3) is 12.5. The Morgan fingerprint density at radius 1 is 1.11 bits per heavy atom. The number of rotatable bonds is 15. The van der Waals surface area contributed by atoms with E-state index < -0.39 is 29.7 Å². The molecule has 168 valence electrons. The molecule has 0 aliphatic rings. The van der Waals surface area contributed by atoms with E-state index in [1.54, 1.807) is 6.92 Å². The van der Waals surface area contributed by atoms with Gasteiger partial charge >= 0.3 is 0 Å². The molecule has 5 N–H and O–H groups in total. The van der Waals surface area contributed by atoms with Crippen LogP contribution in [-0.2, 0) is 9.53 Å². The third-order valence-electron chi connectivity index (χ3n) is 4.24. The summed E-state index contributed by atoms with van der Waals surface area (Å²) in [5, 5.41) is 42.0. The zero-order valence-electron chi connectivity index (χ0n) is 17.8. The molecular weight excluding hydrogens is 402 g/mol. The Morgan fingerprint density at radius 2 is 1.75 bits per heavy atom. The van der Waals surface area contributed by atoms with E-state index in [1.165, 1.54) is 13.5 Å². The first-order valence-electron chi connectivity index (χ1n) is 9.67. The summed E-state index contributed by atoms with van der Waals surface area (Å²) >= 11 is 2.87. The van der Waals surface area contributed by atoms with Gasteiger partial charge in [0, 0.05) is 31.9 Å². The highest BCUT2D eigenvalue weighted by atomic mass is 32.2. The van der Waals surface area contributed by atoms with Gasteiger partial charge < -0.3 is 30.5 Å². The number of carbonyl (C=O) groups is 1. The van der Waals surface area contributed by atoms with E-state index in [2.05, 4.69) is 26.1 Å². The lowest BCUT2D eigenvalue weighted by molar-refractivity contribution is -0.118. The van der Waals surface area contributed by atoms with Crippen LogP contribution in [0.25, 0.3) is 0 Å². The first-order valence-corrected chi connectivity index (χ1v) is 11.9. The maximum Gasteiger partial charge on any atom is 0.230 e. The molecule has 0 bridgehead atoms. The van der Waals surface area contributed by atoms with Crippen molar-refractivity contribution in [3.8, 4) is 0 Å². The van der Waals surface area contributed by atoms with Crippen LogP contribution < -0.4 is 5.32 Å². The predicted octanol–water partition coefficient (Wildman–Crippen LogP) is 1.08. The zero-order chi connectivity index (χ0) is 21.7. The number of aliphatic hydroxyl groups excluding tert-OH is 4. The van der Waals surface area contributed by atoms with Crippen LogP contribution in [0.5, 0.6) is 0 Å². The molecule has 0 aromatic heterocycles. The van der Waals surface area contributed by atoms with Crippen molar-refractivity contribution in [3.63, 3.8) is 0 Å². The van der Waals surface area contributed by atoms with Crippen molar-refractivity contribution < 1.29 is 30.0 Å². The van der Waals surface area contributed by atoms with Gasteiger partial charge in [-0.05, 0) is 24.0 Å². The smallest absolute Gasteiger partial charge is 0.230 e. The van der Waals surface area contributed by atoms with Crippen LogP contribution in [0, 0.1) is 11.3 Å². The molecule has 0 aromatic rings. The predicted molar refractivity (Wildman–Crippen MR) is 117 cm³/mol. The lowest BCUT2D eigenvalue weighted by Crippen LogP contribution is -2.47. The van der Waals surface area contributed by atoms with Crippen LogP contribution in [-0.4, -0.2) is 87.6 Å². The second-order valence-electron chi connectivity index (χ2n) is 8.17. The average Bonchev–Trinajstić information content (AvgIpc) is 2.64. The van der Waals surface area contributed by atoms with Gasteiger partial charge in [0.2, 0.25) is 5.91 Å². The molecule has 5 unspecified atom stereocenters. The SMILES string of the molecule is COC(SCC(=O)NCCSCCCC(C)(C)C)C(O)C(O)C(O)C(C)CO. The Bertz CT molecular complexity index is 422. The normalized spacial score (nSPS) is 17.6. The van der Waals surface area contributed by atoms with E-state index >= 15 is 0 Å². The fourth-order valence-electron chi connectivity index (χ4n) is 2.39. The van der Waals surface area contributed by atoms with Crippen LogP contribution in [0.15, 0.2) is 0 Å². The summed E-state index contributed by atoms with van der Waals surface area (Å²) in [5.41, 5.74) is -0.512. The standard InChI is InChI=1S/C19H39NO6S2/c1-13(11-21)15(23)16(24)17(25)18(26-5)28-12-14(22)20-8-10-27-9-6-7-19(2,3)4/h13,15-18,21,23-25H,6-12H2,1-5H3,(H,20,22). The molecule has 0 rings (SSSR count). The largest absolute Gasteiger partial charge is 0.396 e. The highest BCUT2D eigenvalue weighted by Crippen LogP contribution is 2.22. The number of thioether (sulfide) groups is 2. The van der Waals surface area contributed by atoms with E-state index in [4.69, 9.17) is 9.84 Å². The molecule has 7 nitrogen and oxygen atoms in total. The van der Waals surface area contributed by atoms with Crippen molar-refractivity contribution in [1.29, 1.82) is 0 Å². The molecule has 9 heteroatoms. The summed E-state index contributed by atoms with van der Waals surface area (Å²) in [5.74, 6) is 1.24. The molecule has 0 fully saturated rings. The molecule has 0 heterocycles. The molecule has 0 saturated carbocycles. The molecular formula is C19H39NO6S2. The number of carbonyl (C=O) groups excluding carboxylic acids is 1. The Hall–Kier alpha value is -0.0300. The Morgan fingerprint density at radius 3 is 2.29 bits per heavy atom. The highest BCUT2D eigenvalue weighted by molar-refractivity contribution is 8.00. The molecule has 5 atom stereocenters. The summed E-state index contributed by atoms with van der Waals surface area (Å²) in [4.78, 5) is 11.9. The fourth-order valence-corrected chi connectivity index (χ4v) is 4.10. The van der Waals surface area contributed by atoms with Crippen LogP contribution in [0.3, 0.4) is 0 Å². The lowest BCUT2D eigenvalue weighted by Gasteiger charge is -2.30. The number of amides is 1. The molecule has 0 aliphatic heterocycles. The molecule has 28 heavy (non-hydrogen) atoms. The van der Waals surface area contributed by atoms with Gasteiger partial charge in [0.15, 0.2) is 0 Å². The minimum Gasteiger partial charge on any atom is -0.396 e. The highest BCUT2D eigenvalue weighted by Gasteiger charge is 2.34. The van der Waals surface area contributed by atoms with Crippen LogP contribution in [0.4, 0.5) is 0 Å². The summed E-state index contributed by atoms with van der Waals surface area (Å²) in [7, 11) is 1.36. The molecule has 0 spiro atoms. The maximum absolute atomic E-state index is 11.9. The van der Waals surface area contributed by atoms with Gasteiger partial charge in [-0.3, -0.25) is 4.79 Å². The number of hydrogen-bond acceptors (Lipinski definition) is 8. The van der Waals surface area contributed by atoms with Crippen molar-refractivity contribution in [1.82, 2.24) is 5.32 Å². The average molecular weight is 442 g/mol.